The lowest BCUT2D eigenvalue weighted by Crippen LogP contribution is -2.12. The summed E-state index contributed by atoms with van der Waals surface area (Å²) >= 11 is 0. The van der Waals surface area contributed by atoms with Gasteiger partial charge in [0.1, 0.15) is 6.17 Å². The summed E-state index contributed by atoms with van der Waals surface area (Å²) in [6.07, 6.45) is 13.9. The fourth-order valence-electron chi connectivity index (χ4n) is 3.74. The van der Waals surface area contributed by atoms with E-state index in [1.54, 1.807) is 6.08 Å². The summed E-state index contributed by atoms with van der Waals surface area (Å²) in [4.78, 5) is 4.36. The molecule has 0 saturated heterocycles. The number of nitrogens with zero attached hydrogens (tertiary/aromatic N) is 2. The minimum absolute atomic E-state index is 0.323. The van der Waals surface area contributed by atoms with Crippen LogP contribution in [-0.2, 0) is 6.42 Å². The number of benzene rings is 1. The Bertz CT molecular complexity index is 757. The molecule has 2 nitrogen and oxygen atoms in total. The van der Waals surface area contributed by atoms with Crippen molar-refractivity contribution in [3.8, 4) is 0 Å². The average molecular weight is 308 g/mol. The van der Waals surface area contributed by atoms with E-state index in [4.69, 9.17) is 0 Å². The second-order valence-electron chi connectivity index (χ2n) is 6.41. The minimum Gasteiger partial charge on any atom is -0.327 e. The van der Waals surface area contributed by atoms with E-state index in [1.165, 1.54) is 29.7 Å². The van der Waals surface area contributed by atoms with Gasteiger partial charge in [-0.1, -0.05) is 42.8 Å². The molecule has 0 saturated carbocycles. The number of halogens is 1. The molecule has 1 aliphatic heterocycles. The number of alkyl halides is 1. The maximum atomic E-state index is 13.4. The Morgan fingerprint density at radius 2 is 2.09 bits per heavy atom. The molecule has 2 atom stereocenters. The van der Waals surface area contributed by atoms with Gasteiger partial charge in [0.05, 0.1) is 12.4 Å². The van der Waals surface area contributed by atoms with E-state index >= 15 is 0 Å². The van der Waals surface area contributed by atoms with Gasteiger partial charge in [-0.25, -0.2) is 9.37 Å². The van der Waals surface area contributed by atoms with Gasteiger partial charge in [0.2, 0.25) is 0 Å². The zero-order valence-corrected chi connectivity index (χ0v) is 13.2. The molecule has 0 N–H and O–H groups in total. The fourth-order valence-corrected chi connectivity index (χ4v) is 3.74. The molecule has 1 aromatic heterocycles. The molecule has 3 heteroatoms. The first-order chi connectivity index (χ1) is 11.3. The van der Waals surface area contributed by atoms with Crippen molar-refractivity contribution in [1.82, 2.24) is 9.55 Å². The fraction of sp³-hybridized carbons (Fsp3) is 0.350. The molecule has 2 aromatic rings. The number of aromatic nitrogens is 2. The Kier molecular flexibility index (Phi) is 3.86. The number of aryl methyl sites for hydroxylation is 1. The van der Waals surface area contributed by atoms with Crippen molar-refractivity contribution < 1.29 is 4.39 Å². The Labute approximate surface area is 136 Å². The van der Waals surface area contributed by atoms with Crippen LogP contribution in [0.15, 0.2) is 55.0 Å². The zero-order valence-electron chi connectivity index (χ0n) is 13.2. The molecule has 0 radical (unpaired) electrons. The van der Waals surface area contributed by atoms with Crippen molar-refractivity contribution in [2.24, 2.45) is 0 Å². The zero-order chi connectivity index (χ0) is 15.6. The molecule has 2 unspecified atom stereocenters. The molecule has 0 amide bonds. The topological polar surface area (TPSA) is 17.8 Å². The van der Waals surface area contributed by atoms with Gasteiger partial charge >= 0.3 is 0 Å². The quantitative estimate of drug-likeness (QED) is 0.773. The van der Waals surface area contributed by atoms with Crippen LogP contribution < -0.4 is 0 Å². The maximum Gasteiger partial charge on any atom is 0.122 e. The van der Waals surface area contributed by atoms with Gasteiger partial charge in [0.25, 0.3) is 0 Å². The molecule has 0 fully saturated rings. The summed E-state index contributed by atoms with van der Waals surface area (Å²) in [7, 11) is 0. The van der Waals surface area contributed by atoms with Gasteiger partial charge in [-0.3, -0.25) is 0 Å². The summed E-state index contributed by atoms with van der Waals surface area (Å²) in [5.74, 6) is 0. The molecular weight excluding hydrogens is 287 g/mol. The van der Waals surface area contributed by atoms with Crippen molar-refractivity contribution >= 4 is 5.57 Å². The van der Waals surface area contributed by atoms with Crippen molar-refractivity contribution in [3.63, 3.8) is 0 Å². The van der Waals surface area contributed by atoms with E-state index < -0.39 is 6.17 Å². The third kappa shape index (κ3) is 2.76. The number of hydrogen-bond acceptors (Lipinski definition) is 1. The Balaban J connectivity index is 1.77. The third-order valence-corrected chi connectivity index (χ3v) is 4.92. The van der Waals surface area contributed by atoms with Crippen LogP contribution in [0.5, 0.6) is 0 Å². The second-order valence-corrected chi connectivity index (χ2v) is 6.41. The van der Waals surface area contributed by atoms with E-state index in [0.29, 0.717) is 12.5 Å². The van der Waals surface area contributed by atoms with Gasteiger partial charge < -0.3 is 4.57 Å². The summed E-state index contributed by atoms with van der Waals surface area (Å²) in [6, 6.07) is 8.87. The first-order valence-electron chi connectivity index (χ1n) is 8.45. The van der Waals surface area contributed by atoms with Crippen LogP contribution in [0.1, 0.15) is 48.5 Å². The summed E-state index contributed by atoms with van der Waals surface area (Å²) < 4.78 is 15.7. The molecule has 2 aliphatic rings. The number of fused-ring (bicyclic) bond motifs is 1. The van der Waals surface area contributed by atoms with Crippen LogP contribution in [0.25, 0.3) is 5.57 Å². The average Bonchev–Trinajstić information content (AvgIpc) is 2.95. The second kappa shape index (κ2) is 6.15. The first kappa shape index (κ1) is 14.4. The highest BCUT2D eigenvalue weighted by atomic mass is 19.1. The smallest absolute Gasteiger partial charge is 0.122 e. The normalized spacial score (nSPS) is 24.0. The van der Waals surface area contributed by atoms with E-state index in [9.17, 15) is 4.39 Å². The van der Waals surface area contributed by atoms with Crippen LogP contribution in [-0.4, -0.2) is 15.7 Å². The Morgan fingerprint density at radius 3 is 2.96 bits per heavy atom. The number of rotatable bonds is 2. The molecule has 1 aromatic carbocycles. The standard InChI is InChI=1S/C20H21FN2/c21-16-11-9-15(10-12-16)18-6-2-3-7-19(18)20-8-4-1-5-17-13-22-14-23(17)20/h2-3,6-7,9-11,13-14,16,20H,1,4-5,8,12H2. The largest absolute Gasteiger partial charge is 0.327 e. The van der Waals surface area contributed by atoms with Crippen LogP contribution >= 0.6 is 0 Å². The van der Waals surface area contributed by atoms with Crippen molar-refractivity contribution in [2.45, 2.75) is 44.3 Å². The molecule has 2 heterocycles. The number of imidazole rings is 1. The van der Waals surface area contributed by atoms with E-state index in [-0.39, 0.29) is 0 Å². The molecule has 1 aliphatic carbocycles. The minimum atomic E-state index is -0.843. The monoisotopic (exact) mass is 308 g/mol. The maximum absolute atomic E-state index is 13.4. The van der Waals surface area contributed by atoms with Crippen LogP contribution in [0.2, 0.25) is 0 Å². The van der Waals surface area contributed by atoms with Crippen molar-refractivity contribution in [3.05, 3.63) is 71.8 Å². The van der Waals surface area contributed by atoms with Crippen LogP contribution in [0.4, 0.5) is 4.39 Å². The molecule has 4 rings (SSSR count). The molecule has 0 spiro atoms. The molecule has 0 bridgehead atoms. The lowest BCUT2D eigenvalue weighted by molar-refractivity contribution is 0.402. The van der Waals surface area contributed by atoms with Gasteiger partial charge in [-0.05, 0) is 42.0 Å². The highest BCUT2D eigenvalue weighted by Gasteiger charge is 2.22. The van der Waals surface area contributed by atoms with E-state index in [1.807, 2.05) is 24.7 Å². The van der Waals surface area contributed by atoms with Gasteiger partial charge in [0, 0.05) is 18.3 Å². The molecular formula is C20H21FN2. The summed E-state index contributed by atoms with van der Waals surface area (Å²) in [6.45, 7) is 0. The lowest BCUT2D eigenvalue weighted by atomic mass is 9.90. The van der Waals surface area contributed by atoms with E-state index in [0.717, 1.165) is 18.4 Å². The number of hydrogen-bond donors (Lipinski definition) is 0. The van der Waals surface area contributed by atoms with Crippen LogP contribution in [0.3, 0.4) is 0 Å². The third-order valence-electron chi connectivity index (χ3n) is 4.92. The lowest BCUT2D eigenvalue weighted by Gasteiger charge is -2.23. The Morgan fingerprint density at radius 1 is 1.17 bits per heavy atom. The SMILES string of the molecule is FC1C=CC(c2ccccc2C2CCCCc3cncn32)=CC1. The Hall–Kier alpha value is -2.16. The van der Waals surface area contributed by atoms with Gasteiger partial charge in [0.15, 0.2) is 0 Å². The highest BCUT2D eigenvalue weighted by Crippen LogP contribution is 2.35. The van der Waals surface area contributed by atoms with Crippen LogP contribution in [0, 0.1) is 0 Å². The highest BCUT2D eigenvalue weighted by molar-refractivity contribution is 5.77. The predicted octanol–water partition coefficient (Wildman–Crippen LogP) is 4.88. The first-order valence-corrected chi connectivity index (χ1v) is 8.45. The van der Waals surface area contributed by atoms with Crippen molar-refractivity contribution in [2.75, 3.05) is 0 Å². The van der Waals surface area contributed by atoms with Gasteiger partial charge in [-0.15, -0.1) is 0 Å². The predicted molar refractivity (Wildman–Crippen MR) is 91.0 cm³/mol. The summed E-state index contributed by atoms with van der Waals surface area (Å²) in [5, 5.41) is 0. The van der Waals surface area contributed by atoms with E-state index in [2.05, 4.69) is 33.8 Å². The van der Waals surface area contributed by atoms with Crippen molar-refractivity contribution in [1.29, 1.82) is 0 Å². The number of allylic oxidation sites excluding steroid dienone is 4. The molecule has 118 valence electrons. The van der Waals surface area contributed by atoms with Gasteiger partial charge in [-0.2, -0.15) is 0 Å². The summed E-state index contributed by atoms with van der Waals surface area (Å²) in [5.41, 5.74) is 5.00. The molecule has 23 heavy (non-hydrogen) atoms.